The summed E-state index contributed by atoms with van der Waals surface area (Å²) in [6.45, 7) is 0. The van der Waals surface area contributed by atoms with Gasteiger partial charge in [-0.25, -0.2) is 8.78 Å². The molecule has 1 aliphatic heterocycles. The summed E-state index contributed by atoms with van der Waals surface area (Å²) in [7, 11) is 0. The molecular formula is C11H7ClF4O3. The lowest BCUT2D eigenvalue weighted by Gasteiger charge is -2.37. The van der Waals surface area contributed by atoms with Crippen molar-refractivity contribution >= 4 is 17.4 Å². The maximum absolute atomic E-state index is 13.3. The van der Waals surface area contributed by atoms with Gasteiger partial charge in [0.15, 0.2) is 5.78 Å². The van der Waals surface area contributed by atoms with Crippen LogP contribution in [0.2, 0.25) is 5.02 Å². The Morgan fingerprint density at radius 2 is 2.05 bits per heavy atom. The van der Waals surface area contributed by atoms with Gasteiger partial charge in [-0.3, -0.25) is 4.79 Å². The minimum absolute atomic E-state index is 0.137. The van der Waals surface area contributed by atoms with E-state index >= 15 is 0 Å². The van der Waals surface area contributed by atoms with E-state index in [9.17, 15) is 27.5 Å². The van der Waals surface area contributed by atoms with E-state index < -0.39 is 36.1 Å². The SMILES string of the molecule is O=C1C[C@@](O)(C(F)(F)C(F)F)Oc2ccc(Cl)cc21. The molecule has 8 heteroatoms. The Hall–Kier alpha value is -1.34. The fraction of sp³-hybridized carbons (Fsp3) is 0.364. The molecule has 0 aromatic heterocycles. The summed E-state index contributed by atoms with van der Waals surface area (Å²) in [5.41, 5.74) is -0.137. The van der Waals surface area contributed by atoms with E-state index in [0.717, 1.165) is 12.1 Å². The predicted molar refractivity (Wildman–Crippen MR) is 56.9 cm³/mol. The van der Waals surface area contributed by atoms with Gasteiger partial charge in [0.05, 0.1) is 12.0 Å². The molecule has 3 nitrogen and oxygen atoms in total. The van der Waals surface area contributed by atoms with E-state index in [0.29, 0.717) is 0 Å². The average Bonchev–Trinajstić information content (AvgIpc) is 2.30. The van der Waals surface area contributed by atoms with Crippen molar-refractivity contribution in [3.05, 3.63) is 28.8 Å². The number of ketones is 1. The Morgan fingerprint density at radius 1 is 1.42 bits per heavy atom. The number of rotatable bonds is 2. The first kappa shape index (κ1) is 14.1. The van der Waals surface area contributed by atoms with E-state index in [1.165, 1.54) is 6.07 Å². The van der Waals surface area contributed by atoms with Crippen LogP contribution in [0.3, 0.4) is 0 Å². The van der Waals surface area contributed by atoms with Gasteiger partial charge in [0, 0.05) is 5.02 Å². The largest absolute Gasteiger partial charge is 0.454 e. The first-order valence-corrected chi connectivity index (χ1v) is 5.45. The number of alkyl halides is 4. The van der Waals surface area contributed by atoms with Crippen LogP contribution in [-0.4, -0.2) is 29.0 Å². The first-order chi connectivity index (χ1) is 8.67. The van der Waals surface area contributed by atoms with Gasteiger partial charge in [0.2, 0.25) is 0 Å². The van der Waals surface area contributed by atoms with Crippen molar-refractivity contribution in [2.45, 2.75) is 24.6 Å². The van der Waals surface area contributed by atoms with Crippen molar-refractivity contribution < 1.29 is 32.2 Å². The monoisotopic (exact) mass is 298 g/mol. The van der Waals surface area contributed by atoms with E-state index in [1.807, 2.05) is 0 Å². The molecule has 0 saturated heterocycles. The molecule has 2 rings (SSSR count). The maximum Gasteiger partial charge on any atom is 0.371 e. The first-order valence-electron chi connectivity index (χ1n) is 5.07. The van der Waals surface area contributed by atoms with E-state index in [1.54, 1.807) is 0 Å². The van der Waals surface area contributed by atoms with Crippen LogP contribution in [0, 0.1) is 0 Å². The third-order valence-corrected chi connectivity index (χ3v) is 2.95. The molecule has 1 heterocycles. The van der Waals surface area contributed by atoms with Crippen LogP contribution in [0.15, 0.2) is 18.2 Å². The summed E-state index contributed by atoms with van der Waals surface area (Å²) < 4.78 is 55.6. The van der Waals surface area contributed by atoms with Crippen LogP contribution in [0.4, 0.5) is 17.6 Å². The van der Waals surface area contributed by atoms with Gasteiger partial charge in [0.1, 0.15) is 5.75 Å². The Morgan fingerprint density at radius 3 is 2.63 bits per heavy atom. The van der Waals surface area contributed by atoms with Crippen LogP contribution >= 0.6 is 11.6 Å². The molecule has 104 valence electrons. The number of hydrogen-bond acceptors (Lipinski definition) is 3. The second-order valence-corrected chi connectivity index (χ2v) is 4.49. The zero-order chi connectivity index (χ0) is 14.4. The van der Waals surface area contributed by atoms with Crippen LogP contribution in [0.5, 0.6) is 5.75 Å². The third-order valence-electron chi connectivity index (χ3n) is 2.72. The van der Waals surface area contributed by atoms with Crippen molar-refractivity contribution in [1.82, 2.24) is 0 Å². The lowest BCUT2D eigenvalue weighted by Crippen LogP contribution is -2.59. The predicted octanol–water partition coefficient (Wildman–Crippen LogP) is 2.89. The Balaban J connectivity index is 2.46. The van der Waals surface area contributed by atoms with Gasteiger partial charge in [-0.15, -0.1) is 0 Å². The number of ether oxygens (including phenoxy) is 1. The Bertz CT molecular complexity index is 535. The Kier molecular flexibility index (Phi) is 3.22. The highest BCUT2D eigenvalue weighted by Crippen LogP contribution is 2.43. The molecular weight excluding hydrogens is 292 g/mol. The highest BCUT2D eigenvalue weighted by atomic mass is 35.5. The average molecular weight is 299 g/mol. The highest BCUT2D eigenvalue weighted by molar-refractivity contribution is 6.31. The molecule has 0 amide bonds. The zero-order valence-corrected chi connectivity index (χ0v) is 9.93. The topological polar surface area (TPSA) is 46.5 Å². The summed E-state index contributed by atoms with van der Waals surface area (Å²) in [4.78, 5) is 11.6. The van der Waals surface area contributed by atoms with Crippen LogP contribution < -0.4 is 4.74 Å². The molecule has 0 saturated carbocycles. The van der Waals surface area contributed by atoms with Crippen LogP contribution in [-0.2, 0) is 0 Å². The fourth-order valence-corrected chi connectivity index (χ4v) is 1.87. The second-order valence-electron chi connectivity index (χ2n) is 4.05. The van der Waals surface area contributed by atoms with Gasteiger partial charge in [-0.1, -0.05) is 11.6 Å². The number of Topliss-reactive ketones (excluding diaryl/α,β-unsaturated/α-hetero) is 1. The summed E-state index contributed by atoms with van der Waals surface area (Å²) in [5.74, 6) is -9.81. The minimum atomic E-state index is -4.88. The van der Waals surface area contributed by atoms with Crippen LogP contribution in [0.25, 0.3) is 0 Å². The molecule has 1 N–H and O–H groups in total. The molecule has 1 atom stereocenters. The molecule has 19 heavy (non-hydrogen) atoms. The zero-order valence-electron chi connectivity index (χ0n) is 9.17. The van der Waals surface area contributed by atoms with Gasteiger partial charge in [0.25, 0.3) is 5.79 Å². The molecule has 0 unspecified atom stereocenters. The van der Waals surface area contributed by atoms with Crippen LogP contribution in [0.1, 0.15) is 16.8 Å². The van der Waals surface area contributed by atoms with Crippen molar-refractivity contribution in [2.24, 2.45) is 0 Å². The van der Waals surface area contributed by atoms with Crippen molar-refractivity contribution in [2.75, 3.05) is 0 Å². The van der Waals surface area contributed by atoms with Crippen molar-refractivity contribution in [3.63, 3.8) is 0 Å². The van der Waals surface area contributed by atoms with E-state index in [2.05, 4.69) is 4.74 Å². The Labute approximate surface area is 109 Å². The lowest BCUT2D eigenvalue weighted by molar-refractivity contribution is -0.316. The molecule has 1 aromatic rings. The van der Waals surface area contributed by atoms with Gasteiger partial charge in [-0.2, -0.15) is 8.78 Å². The number of hydrogen-bond donors (Lipinski definition) is 1. The molecule has 0 spiro atoms. The highest BCUT2D eigenvalue weighted by Gasteiger charge is 2.64. The van der Waals surface area contributed by atoms with Gasteiger partial charge >= 0.3 is 12.3 Å². The number of fused-ring (bicyclic) bond motifs is 1. The smallest absolute Gasteiger partial charge is 0.371 e. The lowest BCUT2D eigenvalue weighted by atomic mass is 9.94. The number of aliphatic hydroxyl groups is 1. The van der Waals surface area contributed by atoms with Gasteiger partial charge < -0.3 is 9.84 Å². The van der Waals surface area contributed by atoms with Crippen molar-refractivity contribution in [1.29, 1.82) is 0 Å². The standard InChI is InChI=1S/C11H7ClF4O3/c12-5-1-2-8-6(3-5)7(17)4-10(18,19-8)11(15,16)9(13)14/h1-3,9,18H,4H2/t10-/m0/s1. The minimum Gasteiger partial charge on any atom is -0.454 e. The number of benzene rings is 1. The molecule has 0 aliphatic carbocycles. The summed E-state index contributed by atoms with van der Waals surface area (Å²) in [5, 5.41) is 9.70. The summed E-state index contributed by atoms with van der Waals surface area (Å²) >= 11 is 5.61. The number of carbonyl (C=O) groups excluding carboxylic acids is 1. The fourth-order valence-electron chi connectivity index (χ4n) is 1.70. The third kappa shape index (κ3) is 2.17. The van der Waals surface area contributed by atoms with E-state index in [4.69, 9.17) is 11.6 Å². The maximum atomic E-state index is 13.3. The molecule has 1 aromatic carbocycles. The molecule has 0 bridgehead atoms. The summed E-state index contributed by atoms with van der Waals surface area (Å²) in [6.07, 6.45) is -5.45. The van der Waals surface area contributed by atoms with Gasteiger partial charge in [-0.05, 0) is 18.2 Å². The molecule has 1 aliphatic rings. The quantitative estimate of drug-likeness (QED) is 0.854. The number of halogens is 5. The number of carbonyl (C=O) groups is 1. The molecule has 0 fully saturated rings. The van der Waals surface area contributed by atoms with E-state index in [-0.39, 0.29) is 10.6 Å². The second kappa shape index (κ2) is 4.35. The molecule has 0 radical (unpaired) electrons. The summed E-state index contributed by atoms with van der Waals surface area (Å²) in [6, 6.07) is 3.43. The normalized spacial score (nSPS) is 23.2. The van der Waals surface area contributed by atoms with Crippen molar-refractivity contribution in [3.8, 4) is 5.75 Å².